The second kappa shape index (κ2) is 18.0. The first kappa shape index (κ1) is 43.0. The molecule has 0 aliphatic carbocycles. The predicted octanol–water partition coefficient (Wildman–Crippen LogP) is 3.97. The van der Waals surface area contributed by atoms with E-state index in [4.69, 9.17) is 14.2 Å². The summed E-state index contributed by atoms with van der Waals surface area (Å²) in [5.74, 6) is 2.10. The molecule has 2 aliphatic heterocycles. The average molecular weight is 900 g/mol. The lowest BCUT2D eigenvalue weighted by Gasteiger charge is -2.32. The van der Waals surface area contributed by atoms with Gasteiger partial charge in [-0.2, -0.15) is 14.4 Å². The number of hydrogen-bond acceptors (Lipinski definition) is 14. The molecule has 22 heteroatoms. The highest BCUT2D eigenvalue weighted by Crippen LogP contribution is 2.44. The Bertz CT molecular complexity index is 2750. The molecule has 6 aromatic rings. The Morgan fingerprint density at radius 1 is 0.810 bits per heavy atom. The molecular weight excluding hydrogens is 855 g/mol. The van der Waals surface area contributed by atoms with Crippen molar-refractivity contribution in [2.24, 2.45) is 0 Å². The van der Waals surface area contributed by atoms with Gasteiger partial charge in [0.1, 0.15) is 33.4 Å². The molecule has 0 spiro atoms. The van der Waals surface area contributed by atoms with Gasteiger partial charge in [0.25, 0.3) is 0 Å². The molecular formula is C41H45N11O9S2. The van der Waals surface area contributed by atoms with E-state index in [1.54, 1.807) is 77.4 Å². The Hall–Kier alpha value is -6.62. The maximum absolute atomic E-state index is 16.1. The number of ether oxygens (including phenoxy) is 3. The fourth-order valence-electron chi connectivity index (χ4n) is 7.72. The van der Waals surface area contributed by atoms with Crippen molar-refractivity contribution >= 4 is 37.8 Å². The van der Waals surface area contributed by atoms with Crippen LogP contribution in [0.2, 0.25) is 0 Å². The number of aromatic nitrogens is 7. The van der Waals surface area contributed by atoms with Gasteiger partial charge in [-0.1, -0.05) is 36.4 Å². The first-order valence-electron chi connectivity index (χ1n) is 19.9. The predicted molar refractivity (Wildman–Crippen MR) is 228 cm³/mol. The normalized spacial score (nSPS) is 15.4. The van der Waals surface area contributed by atoms with Crippen LogP contribution >= 0.6 is 0 Å². The highest BCUT2D eigenvalue weighted by atomic mass is 32.2. The lowest BCUT2D eigenvalue weighted by molar-refractivity contribution is 0.155. The van der Waals surface area contributed by atoms with Crippen molar-refractivity contribution in [3.05, 3.63) is 108 Å². The molecule has 4 aromatic carbocycles. The van der Waals surface area contributed by atoms with Gasteiger partial charge in [-0.15, -0.1) is 5.10 Å². The number of benzene rings is 4. The molecule has 330 valence electrons. The quantitative estimate of drug-likeness (QED) is 0.140. The third-order valence-corrected chi connectivity index (χ3v) is 14.5. The smallest absolute Gasteiger partial charge is 0.407 e. The van der Waals surface area contributed by atoms with Crippen LogP contribution in [0.1, 0.15) is 29.5 Å². The van der Waals surface area contributed by atoms with Crippen LogP contribution in [0.25, 0.3) is 11.4 Å². The number of methoxy groups -OCH3 is 3. The lowest BCUT2D eigenvalue weighted by atomic mass is 10.1. The fourth-order valence-corrected chi connectivity index (χ4v) is 11.4. The molecule has 0 unspecified atom stereocenters. The number of likely N-dealkylation sites (tertiary alicyclic amines) is 1. The third kappa shape index (κ3) is 9.00. The number of aryl methyl sites for hydroxylation is 1. The number of amides is 1. The Labute approximate surface area is 363 Å². The SMILES string of the molecule is COc1ccc(CN(Cc2ccc(OC)cc2)S(=O)(=O)c2c(S(=O)(=O)N[C@@H]3CCN(C(=O)O)C3)ccc(N3CCCn4ncnc43)c2-c2nnnn2Cc2ccc(OC)cc2)cc1. The summed E-state index contributed by atoms with van der Waals surface area (Å²) in [7, 11) is -5.07. The van der Waals surface area contributed by atoms with Gasteiger partial charge in [-0.25, -0.2) is 35.7 Å². The minimum atomic E-state index is -4.93. The molecule has 2 aliphatic rings. The van der Waals surface area contributed by atoms with Crippen molar-refractivity contribution in [3.63, 3.8) is 0 Å². The van der Waals surface area contributed by atoms with Crippen LogP contribution in [0.15, 0.2) is 101 Å². The molecule has 0 bridgehead atoms. The molecule has 1 fully saturated rings. The fraction of sp³-hybridized carbons (Fsp3) is 0.317. The van der Waals surface area contributed by atoms with Gasteiger partial charge in [0.05, 0.1) is 39.1 Å². The monoisotopic (exact) mass is 899 g/mol. The summed E-state index contributed by atoms with van der Waals surface area (Å²) in [6.45, 7) is 0.538. The van der Waals surface area contributed by atoms with E-state index in [-0.39, 0.29) is 56.2 Å². The number of carboxylic acid groups (broad SMARTS) is 1. The van der Waals surface area contributed by atoms with Crippen LogP contribution in [-0.4, -0.2) is 119 Å². The van der Waals surface area contributed by atoms with Crippen molar-refractivity contribution in [2.75, 3.05) is 45.9 Å². The van der Waals surface area contributed by atoms with Gasteiger partial charge in [-0.05, 0) is 88.5 Å². The van der Waals surface area contributed by atoms with Crippen LogP contribution in [-0.2, 0) is 46.2 Å². The number of nitrogens with one attached hydrogen (secondary N) is 1. The van der Waals surface area contributed by atoms with E-state index in [2.05, 4.69) is 30.3 Å². The summed E-state index contributed by atoms with van der Waals surface area (Å²) in [5.41, 5.74) is 2.07. The van der Waals surface area contributed by atoms with E-state index in [1.165, 1.54) is 41.7 Å². The topological polar surface area (TPSA) is 229 Å². The van der Waals surface area contributed by atoms with Crippen LogP contribution in [0.5, 0.6) is 17.2 Å². The molecule has 2 aromatic heterocycles. The highest BCUT2D eigenvalue weighted by molar-refractivity contribution is 7.92. The first-order valence-corrected chi connectivity index (χ1v) is 22.8. The number of carbonyl (C=O) groups is 1. The standard InChI is InChI=1S/C41H45N11O9S2/c1-59-32-11-5-28(6-12-32)23-49(24-29-7-13-33(60-2)14-8-29)63(57,58)38-36(62(55,56)45-31-19-22-48(26-31)41(53)54)18-17-35(50-20-4-21-51-40(50)42-27-43-51)37(38)39-44-46-47-52(39)25-30-9-15-34(61-3)16-10-30/h5-18,27,31,45H,4,19-26H2,1-3H3,(H,53,54)/t31-/m1/s1. The summed E-state index contributed by atoms with van der Waals surface area (Å²) in [6.07, 6.45) is 0.967. The molecule has 0 radical (unpaired) electrons. The second-order valence-electron chi connectivity index (χ2n) is 14.9. The zero-order valence-corrected chi connectivity index (χ0v) is 36.2. The van der Waals surface area contributed by atoms with Gasteiger partial charge in [0, 0.05) is 45.3 Å². The number of sulfonamides is 2. The lowest BCUT2D eigenvalue weighted by Crippen LogP contribution is -2.39. The number of tetrazole rings is 1. The van der Waals surface area contributed by atoms with Crippen molar-refractivity contribution in [3.8, 4) is 28.6 Å². The number of nitrogens with zero attached hydrogens (tertiary/aromatic N) is 10. The minimum absolute atomic E-state index is 0.0418. The summed E-state index contributed by atoms with van der Waals surface area (Å²) in [4.78, 5) is 18.1. The summed E-state index contributed by atoms with van der Waals surface area (Å²) in [6, 6.07) is 22.9. The molecule has 8 rings (SSSR count). The van der Waals surface area contributed by atoms with Crippen LogP contribution in [0.3, 0.4) is 0 Å². The van der Waals surface area contributed by atoms with Gasteiger partial charge >= 0.3 is 6.09 Å². The molecule has 1 saturated heterocycles. The number of rotatable bonds is 16. The van der Waals surface area contributed by atoms with Crippen LogP contribution in [0.4, 0.5) is 16.4 Å². The van der Waals surface area contributed by atoms with Gasteiger partial charge < -0.3 is 29.1 Å². The summed E-state index contributed by atoms with van der Waals surface area (Å²) in [5, 5.41) is 26.8. The van der Waals surface area contributed by atoms with E-state index in [1.807, 2.05) is 12.1 Å². The summed E-state index contributed by atoms with van der Waals surface area (Å²) < 4.78 is 85.0. The van der Waals surface area contributed by atoms with Crippen LogP contribution in [0, 0.1) is 0 Å². The van der Waals surface area contributed by atoms with Crippen molar-refractivity contribution < 1.29 is 40.9 Å². The van der Waals surface area contributed by atoms with E-state index in [0.29, 0.717) is 53.8 Å². The largest absolute Gasteiger partial charge is 0.497 e. The van der Waals surface area contributed by atoms with E-state index in [0.717, 1.165) is 10.5 Å². The number of fused-ring (bicyclic) bond motifs is 1. The van der Waals surface area contributed by atoms with E-state index >= 15 is 8.42 Å². The Kier molecular flexibility index (Phi) is 12.3. The molecule has 1 atom stereocenters. The van der Waals surface area contributed by atoms with Gasteiger partial charge in [0.2, 0.25) is 26.0 Å². The molecule has 20 nitrogen and oxygen atoms in total. The Morgan fingerprint density at radius 2 is 1.41 bits per heavy atom. The number of anilines is 2. The molecule has 1 amide bonds. The minimum Gasteiger partial charge on any atom is -0.497 e. The van der Waals surface area contributed by atoms with Crippen molar-refractivity contribution in [1.82, 2.24) is 48.9 Å². The molecule has 4 heterocycles. The summed E-state index contributed by atoms with van der Waals surface area (Å²) >= 11 is 0. The zero-order valence-electron chi connectivity index (χ0n) is 34.6. The average Bonchev–Trinajstić information content (AvgIpc) is 4.08. The Morgan fingerprint density at radius 3 is 1.98 bits per heavy atom. The van der Waals surface area contributed by atoms with Crippen LogP contribution < -0.4 is 23.8 Å². The second-order valence-corrected chi connectivity index (χ2v) is 18.4. The zero-order chi connectivity index (χ0) is 44.3. The van der Waals surface area contributed by atoms with Crippen molar-refractivity contribution in [2.45, 2.75) is 54.9 Å². The molecule has 2 N–H and O–H groups in total. The van der Waals surface area contributed by atoms with E-state index < -0.39 is 42.0 Å². The van der Waals surface area contributed by atoms with Crippen molar-refractivity contribution in [1.29, 1.82) is 0 Å². The highest BCUT2D eigenvalue weighted by Gasteiger charge is 2.41. The van der Waals surface area contributed by atoms with Gasteiger partial charge in [0.15, 0.2) is 5.82 Å². The molecule has 63 heavy (non-hydrogen) atoms. The Balaban J connectivity index is 1.38. The molecule has 0 saturated carbocycles. The third-order valence-electron chi connectivity index (χ3n) is 10.9. The maximum Gasteiger partial charge on any atom is 0.407 e. The maximum atomic E-state index is 16.1. The first-order chi connectivity index (χ1) is 30.4. The van der Waals surface area contributed by atoms with E-state index in [9.17, 15) is 18.3 Å². The van der Waals surface area contributed by atoms with Gasteiger partial charge in [-0.3, -0.25) is 0 Å². The number of hydrogen-bond donors (Lipinski definition) is 2.